The van der Waals surface area contributed by atoms with Crippen LogP contribution >= 0.6 is 0 Å². The quantitative estimate of drug-likeness (QED) is 0.932. The van der Waals surface area contributed by atoms with Crippen LogP contribution in [0.3, 0.4) is 0 Å². The summed E-state index contributed by atoms with van der Waals surface area (Å²) in [5.41, 5.74) is 0.177. The van der Waals surface area contributed by atoms with Crippen molar-refractivity contribution in [3.63, 3.8) is 0 Å². The summed E-state index contributed by atoms with van der Waals surface area (Å²) in [5.74, 6) is -0.199. The van der Waals surface area contributed by atoms with E-state index >= 15 is 0 Å². The number of hydrogen-bond acceptors (Lipinski definition) is 4. The maximum atomic E-state index is 13.6. The van der Waals surface area contributed by atoms with Crippen molar-refractivity contribution in [1.82, 2.24) is 4.90 Å². The average Bonchev–Trinajstić information content (AvgIpc) is 2.31. The molecule has 0 radical (unpaired) electrons. The van der Waals surface area contributed by atoms with Crippen LogP contribution < -0.4 is 10.1 Å². The molecule has 6 heteroatoms. The molecule has 5 nitrogen and oxygen atoms in total. The van der Waals surface area contributed by atoms with Crippen LogP contribution in [0.5, 0.6) is 5.75 Å². The maximum absolute atomic E-state index is 13.6. The summed E-state index contributed by atoms with van der Waals surface area (Å²) in [5, 5.41) is 3.17. The van der Waals surface area contributed by atoms with Gasteiger partial charge in [-0.15, -0.1) is 0 Å². The van der Waals surface area contributed by atoms with Crippen molar-refractivity contribution in [3.8, 4) is 5.75 Å². The lowest BCUT2D eigenvalue weighted by molar-refractivity contribution is 0.0105. The molecular weight excluding hydrogens is 275 g/mol. The van der Waals surface area contributed by atoms with Crippen LogP contribution in [0.2, 0.25) is 0 Å². The molecule has 1 aromatic rings. The number of carbonyl (C=O) groups is 1. The Hall–Kier alpha value is -1.98. The van der Waals surface area contributed by atoms with Crippen molar-refractivity contribution in [2.45, 2.75) is 32.4 Å². The van der Waals surface area contributed by atoms with Crippen molar-refractivity contribution in [2.24, 2.45) is 0 Å². The van der Waals surface area contributed by atoms with Gasteiger partial charge < -0.3 is 19.7 Å². The zero-order valence-electron chi connectivity index (χ0n) is 12.8. The van der Waals surface area contributed by atoms with Crippen molar-refractivity contribution >= 4 is 11.8 Å². The van der Waals surface area contributed by atoms with Crippen LogP contribution in [0.15, 0.2) is 18.2 Å². The van der Waals surface area contributed by atoms with E-state index in [-0.39, 0.29) is 17.9 Å². The molecule has 1 aromatic carbocycles. The SMILES string of the molecule is COc1ccc(NC2CN(C(=O)OC(C)(C)C)C2)cc1F. The summed E-state index contributed by atoms with van der Waals surface area (Å²) >= 11 is 0. The molecule has 0 unspecified atom stereocenters. The molecule has 1 aliphatic heterocycles. The fourth-order valence-electron chi connectivity index (χ4n) is 2.04. The third-order valence-electron chi connectivity index (χ3n) is 3.06. The van der Waals surface area contributed by atoms with E-state index in [0.717, 1.165) is 0 Å². The molecule has 1 N–H and O–H groups in total. The molecule has 1 amide bonds. The molecule has 2 rings (SSSR count). The predicted molar refractivity (Wildman–Crippen MR) is 78.2 cm³/mol. The van der Waals surface area contributed by atoms with Gasteiger partial charge in [0.05, 0.1) is 13.2 Å². The molecule has 0 saturated carbocycles. The molecule has 0 aromatic heterocycles. The Morgan fingerprint density at radius 2 is 2.05 bits per heavy atom. The van der Waals surface area contributed by atoms with Crippen LogP contribution in [0, 0.1) is 5.82 Å². The molecule has 1 aliphatic rings. The molecule has 116 valence electrons. The highest BCUT2D eigenvalue weighted by Gasteiger charge is 2.33. The number of methoxy groups -OCH3 is 1. The van der Waals surface area contributed by atoms with Gasteiger partial charge in [-0.1, -0.05) is 0 Å². The maximum Gasteiger partial charge on any atom is 0.410 e. The number of nitrogens with zero attached hydrogens (tertiary/aromatic N) is 1. The molecule has 0 spiro atoms. The van der Waals surface area contributed by atoms with Gasteiger partial charge in [-0.25, -0.2) is 9.18 Å². The minimum absolute atomic E-state index is 0.102. The summed E-state index contributed by atoms with van der Waals surface area (Å²) in [6, 6.07) is 4.81. The van der Waals surface area contributed by atoms with Gasteiger partial charge in [0.1, 0.15) is 5.60 Å². The Labute approximate surface area is 124 Å². The molecule has 21 heavy (non-hydrogen) atoms. The Morgan fingerprint density at radius 3 is 2.57 bits per heavy atom. The standard InChI is InChI=1S/C15H21FN2O3/c1-15(2,3)21-14(19)18-8-11(9-18)17-10-5-6-13(20-4)12(16)7-10/h5-7,11,17H,8-9H2,1-4H3. The Bertz CT molecular complexity index is 522. The molecule has 1 heterocycles. The number of amides is 1. The monoisotopic (exact) mass is 296 g/mol. The van der Waals surface area contributed by atoms with Crippen LogP contribution in [-0.2, 0) is 4.74 Å². The number of halogens is 1. The highest BCUT2D eigenvalue weighted by atomic mass is 19.1. The summed E-state index contributed by atoms with van der Waals surface area (Å²) in [6.45, 7) is 6.59. The second-order valence-corrected chi connectivity index (χ2v) is 6.08. The van der Waals surface area contributed by atoms with E-state index in [2.05, 4.69) is 5.32 Å². The minimum Gasteiger partial charge on any atom is -0.494 e. The highest BCUT2D eigenvalue weighted by molar-refractivity contribution is 5.69. The molecular formula is C15H21FN2O3. The molecule has 0 atom stereocenters. The summed E-state index contributed by atoms with van der Waals surface area (Å²) in [6.07, 6.45) is -0.318. The number of rotatable bonds is 3. The Morgan fingerprint density at radius 1 is 1.38 bits per heavy atom. The number of hydrogen-bond donors (Lipinski definition) is 1. The van der Waals surface area contributed by atoms with Crippen LogP contribution in [0.25, 0.3) is 0 Å². The fourth-order valence-corrected chi connectivity index (χ4v) is 2.04. The third-order valence-corrected chi connectivity index (χ3v) is 3.06. The lowest BCUT2D eigenvalue weighted by atomic mass is 10.1. The molecule has 0 aliphatic carbocycles. The molecule has 1 fully saturated rings. The predicted octanol–water partition coefficient (Wildman–Crippen LogP) is 2.87. The van der Waals surface area contributed by atoms with Crippen LogP contribution in [0.4, 0.5) is 14.9 Å². The van der Waals surface area contributed by atoms with Crippen LogP contribution in [-0.4, -0.2) is 42.8 Å². The van der Waals surface area contributed by atoms with Crippen LogP contribution in [0.1, 0.15) is 20.8 Å². The second-order valence-electron chi connectivity index (χ2n) is 6.08. The number of anilines is 1. The van der Waals surface area contributed by atoms with E-state index in [0.29, 0.717) is 18.8 Å². The van der Waals surface area contributed by atoms with Gasteiger partial charge in [-0.2, -0.15) is 0 Å². The Balaban J connectivity index is 1.83. The first-order valence-corrected chi connectivity index (χ1v) is 6.86. The van der Waals surface area contributed by atoms with E-state index in [1.54, 1.807) is 17.0 Å². The Kier molecular flexibility index (Phi) is 4.25. The minimum atomic E-state index is -0.491. The largest absolute Gasteiger partial charge is 0.494 e. The fraction of sp³-hybridized carbons (Fsp3) is 0.533. The van der Waals surface area contributed by atoms with Crippen molar-refractivity contribution in [3.05, 3.63) is 24.0 Å². The van der Waals surface area contributed by atoms with E-state index < -0.39 is 11.4 Å². The number of carbonyl (C=O) groups excluding carboxylic acids is 1. The number of nitrogens with one attached hydrogen (secondary N) is 1. The molecule has 1 saturated heterocycles. The van der Waals surface area contributed by atoms with Crippen molar-refractivity contribution in [2.75, 3.05) is 25.5 Å². The number of benzene rings is 1. The second kappa shape index (κ2) is 5.79. The number of likely N-dealkylation sites (tertiary alicyclic amines) is 1. The van der Waals surface area contributed by atoms with Gasteiger partial charge >= 0.3 is 6.09 Å². The normalized spacial score (nSPS) is 15.4. The van der Waals surface area contributed by atoms with Gasteiger partial charge in [0, 0.05) is 24.8 Å². The van der Waals surface area contributed by atoms with Crippen molar-refractivity contribution in [1.29, 1.82) is 0 Å². The zero-order valence-corrected chi connectivity index (χ0v) is 12.8. The lowest BCUT2D eigenvalue weighted by Gasteiger charge is -2.40. The summed E-state index contributed by atoms with van der Waals surface area (Å²) < 4.78 is 23.7. The van der Waals surface area contributed by atoms with Gasteiger partial charge in [-0.3, -0.25) is 0 Å². The van der Waals surface area contributed by atoms with E-state index in [1.165, 1.54) is 13.2 Å². The van der Waals surface area contributed by atoms with E-state index in [4.69, 9.17) is 9.47 Å². The van der Waals surface area contributed by atoms with E-state index in [9.17, 15) is 9.18 Å². The molecule has 0 bridgehead atoms. The van der Waals surface area contributed by atoms with Gasteiger partial charge in [0.25, 0.3) is 0 Å². The third kappa shape index (κ3) is 4.00. The zero-order chi connectivity index (χ0) is 15.6. The first kappa shape index (κ1) is 15.4. The summed E-state index contributed by atoms with van der Waals surface area (Å²) in [4.78, 5) is 13.4. The summed E-state index contributed by atoms with van der Waals surface area (Å²) in [7, 11) is 1.43. The first-order chi connectivity index (χ1) is 9.78. The van der Waals surface area contributed by atoms with Gasteiger partial charge in [0.2, 0.25) is 0 Å². The smallest absolute Gasteiger partial charge is 0.410 e. The first-order valence-electron chi connectivity index (χ1n) is 6.86. The van der Waals surface area contributed by atoms with E-state index in [1.807, 2.05) is 20.8 Å². The number of ether oxygens (including phenoxy) is 2. The van der Waals surface area contributed by atoms with Crippen molar-refractivity contribution < 1.29 is 18.7 Å². The topological polar surface area (TPSA) is 50.8 Å². The lowest BCUT2D eigenvalue weighted by Crippen LogP contribution is -2.57. The highest BCUT2D eigenvalue weighted by Crippen LogP contribution is 2.23. The average molecular weight is 296 g/mol. The van der Waals surface area contributed by atoms with Gasteiger partial charge in [0.15, 0.2) is 11.6 Å². The van der Waals surface area contributed by atoms with Gasteiger partial charge in [-0.05, 0) is 32.9 Å².